The van der Waals surface area contributed by atoms with Crippen molar-refractivity contribution in [2.45, 2.75) is 26.9 Å². The van der Waals surface area contributed by atoms with Gasteiger partial charge in [-0.3, -0.25) is 0 Å². The molecule has 0 bridgehead atoms. The van der Waals surface area contributed by atoms with Gasteiger partial charge in [0.2, 0.25) is 0 Å². The van der Waals surface area contributed by atoms with Crippen LogP contribution >= 0.6 is 0 Å². The van der Waals surface area contributed by atoms with Crippen LogP contribution in [0, 0.1) is 13.8 Å². The first kappa shape index (κ1) is 16.4. The molecule has 0 unspecified atom stereocenters. The Hall–Kier alpha value is -3.12. The molecule has 0 saturated heterocycles. The van der Waals surface area contributed by atoms with Crippen molar-refractivity contribution < 1.29 is 8.94 Å². The van der Waals surface area contributed by atoms with Crippen molar-refractivity contribution in [3.63, 3.8) is 0 Å². The van der Waals surface area contributed by atoms with E-state index in [0.29, 0.717) is 13.1 Å². The Kier molecular flexibility index (Phi) is 4.41. The van der Waals surface area contributed by atoms with Gasteiger partial charge in [-0.05, 0) is 38.1 Å². The van der Waals surface area contributed by atoms with E-state index in [1.807, 2.05) is 73.3 Å². The zero-order valence-corrected chi connectivity index (χ0v) is 14.8. The van der Waals surface area contributed by atoms with E-state index in [4.69, 9.17) is 14.0 Å². The fraction of sp³-hybridized carbons (Fsp3) is 0.200. The van der Waals surface area contributed by atoms with E-state index in [9.17, 15) is 0 Å². The molecule has 132 valence electrons. The first-order chi connectivity index (χ1) is 12.7. The summed E-state index contributed by atoms with van der Waals surface area (Å²) in [6.07, 6.45) is 2.03. The minimum atomic E-state index is 0.629. The second-order valence-corrected chi connectivity index (χ2v) is 6.23. The van der Waals surface area contributed by atoms with Gasteiger partial charge < -0.3 is 14.3 Å². The first-order valence-corrected chi connectivity index (χ1v) is 8.53. The molecule has 0 aliphatic heterocycles. The summed E-state index contributed by atoms with van der Waals surface area (Å²) in [6.45, 7) is 5.10. The molecular weight excluding hydrogens is 328 g/mol. The lowest BCUT2D eigenvalue weighted by Gasteiger charge is -2.01. The molecule has 26 heavy (non-hydrogen) atoms. The van der Waals surface area contributed by atoms with E-state index in [2.05, 4.69) is 10.5 Å². The fourth-order valence-corrected chi connectivity index (χ4v) is 2.85. The van der Waals surface area contributed by atoms with Crippen molar-refractivity contribution in [2.24, 2.45) is 0 Å². The van der Waals surface area contributed by atoms with Gasteiger partial charge in [-0.15, -0.1) is 0 Å². The van der Waals surface area contributed by atoms with Crippen molar-refractivity contribution in [3.8, 4) is 17.1 Å². The average molecular weight is 348 g/mol. The Morgan fingerprint density at radius 2 is 1.85 bits per heavy atom. The van der Waals surface area contributed by atoms with Crippen LogP contribution in [0.5, 0.6) is 0 Å². The average Bonchev–Trinajstić information content (AvgIpc) is 3.36. The molecule has 3 heterocycles. The third-order valence-corrected chi connectivity index (χ3v) is 4.08. The zero-order chi connectivity index (χ0) is 17.9. The number of aromatic nitrogens is 3. The van der Waals surface area contributed by atoms with Gasteiger partial charge in [0.1, 0.15) is 17.2 Å². The van der Waals surface area contributed by atoms with E-state index in [1.165, 1.54) is 0 Å². The first-order valence-electron chi connectivity index (χ1n) is 8.53. The number of para-hydroxylation sites is 1. The highest BCUT2D eigenvalue weighted by molar-refractivity contribution is 5.57. The van der Waals surface area contributed by atoms with Crippen molar-refractivity contribution in [3.05, 3.63) is 77.5 Å². The second-order valence-electron chi connectivity index (χ2n) is 6.23. The normalized spacial score (nSPS) is 11.2. The summed E-state index contributed by atoms with van der Waals surface area (Å²) < 4.78 is 12.8. The summed E-state index contributed by atoms with van der Waals surface area (Å²) >= 11 is 0. The standard InChI is InChI=1S/C20H20N4O2/c1-14-8-9-19(25-14)20-16(11-21-12-17-10-15(2)26-23-17)13-24(22-20)18-6-4-3-5-7-18/h3-10,13,21H,11-12H2,1-2H3. The van der Waals surface area contributed by atoms with E-state index < -0.39 is 0 Å². The summed E-state index contributed by atoms with van der Waals surface area (Å²) in [5, 5.41) is 12.1. The van der Waals surface area contributed by atoms with Gasteiger partial charge in [-0.1, -0.05) is 23.4 Å². The van der Waals surface area contributed by atoms with Crippen molar-refractivity contribution in [1.82, 2.24) is 20.3 Å². The van der Waals surface area contributed by atoms with Crippen LogP contribution in [0.15, 0.2) is 63.7 Å². The van der Waals surface area contributed by atoms with Crippen molar-refractivity contribution >= 4 is 0 Å². The van der Waals surface area contributed by atoms with Crippen LogP contribution in [0.1, 0.15) is 22.8 Å². The predicted octanol–water partition coefficient (Wildman–Crippen LogP) is 4.03. The zero-order valence-electron chi connectivity index (χ0n) is 14.8. The number of aryl methyl sites for hydroxylation is 2. The summed E-state index contributed by atoms with van der Waals surface area (Å²) in [4.78, 5) is 0. The summed E-state index contributed by atoms with van der Waals surface area (Å²) in [7, 11) is 0. The second kappa shape index (κ2) is 7.01. The molecule has 4 rings (SSSR count). The van der Waals surface area contributed by atoms with Gasteiger partial charge >= 0.3 is 0 Å². The lowest BCUT2D eigenvalue weighted by atomic mass is 10.2. The lowest BCUT2D eigenvalue weighted by molar-refractivity contribution is 0.388. The van der Waals surface area contributed by atoms with Gasteiger partial charge in [0.05, 0.1) is 11.4 Å². The molecule has 0 aliphatic rings. The highest BCUT2D eigenvalue weighted by Gasteiger charge is 2.15. The Morgan fingerprint density at radius 1 is 1.00 bits per heavy atom. The molecule has 6 heteroatoms. The van der Waals surface area contributed by atoms with Gasteiger partial charge in [0.15, 0.2) is 5.76 Å². The van der Waals surface area contributed by atoms with Gasteiger partial charge in [0.25, 0.3) is 0 Å². The van der Waals surface area contributed by atoms with E-state index in [0.717, 1.165) is 39.9 Å². The summed E-state index contributed by atoms with van der Waals surface area (Å²) in [5.74, 6) is 2.45. The van der Waals surface area contributed by atoms with Gasteiger partial charge in [-0.25, -0.2) is 4.68 Å². The Morgan fingerprint density at radius 3 is 2.54 bits per heavy atom. The predicted molar refractivity (Wildman–Crippen MR) is 97.8 cm³/mol. The lowest BCUT2D eigenvalue weighted by Crippen LogP contribution is -2.13. The van der Waals surface area contributed by atoms with Crippen molar-refractivity contribution in [1.29, 1.82) is 0 Å². The fourth-order valence-electron chi connectivity index (χ4n) is 2.85. The van der Waals surface area contributed by atoms with E-state index in [1.54, 1.807) is 0 Å². The molecule has 0 spiro atoms. The summed E-state index contributed by atoms with van der Waals surface area (Å²) in [6, 6.07) is 15.9. The molecule has 0 radical (unpaired) electrons. The third kappa shape index (κ3) is 3.45. The van der Waals surface area contributed by atoms with Crippen LogP contribution in [0.25, 0.3) is 17.1 Å². The number of hydrogen-bond donors (Lipinski definition) is 1. The Bertz CT molecular complexity index is 998. The quantitative estimate of drug-likeness (QED) is 0.570. The molecule has 1 N–H and O–H groups in total. The monoisotopic (exact) mass is 348 g/mol. The Balaban J connectivity index is 1.60. The largest absolute Gasteiger partial charge is 0.460 e. The molecule has 6 nitrogen and oxygen atoms in total. The number of furan rings is 1. The molecule has 1 aromatic carbocycles. The minimum Gasteiger partial charge on any atom is -0.460 e. The highest BCUT2D eigenvalue weighted by atomic mass is 16.5. The minimum absolute atomic E-state index is 0.629. The molecule has 0 amide bonds. The summed E-state index contributed by atoms with van der Waals surface area (Å²) in [5.41, 5.74) is 3.79. The molecular formula is C20H20N4O2. The maximum absolute atomic E-state index is 5.80. The molecule has 0 atom stereocenters. The maximum atomic E-state index is 5.80. The highest BCUT2D eigenvalue weighted by Crippen LogP contribution is 2.25. The molecule has 4 aromatic rings. The smallest absolute Gasteiger partial charge is 0.154 e. The number of nitrogens with one attached hydrogen (secondary N) is 1. The topological polar surface area (TPSA) is 69.0 Å². The van der Waals surface area contributed by atoms with E-state index >= 15 is 0 Å². The number of hydrogen-bond acceptors (Lipinski definition) is 5. The van der Waals surface area contributed by atoms with E-state index in [-0.39, 0.29) is 0 Å². The molecule has 3 aromatic heterocycles. The van der Waals surface area contributed by atoms with Crippen LogP contribution in [-0.2, 0) is 13.1 Å². The van der Waals surface area contributed by atoms with Crippen LogP contribution in [0.4, 0.5) is 0 Å². The number of rotatable bonds is 6. The maximum Gasteiger partial charge on any atom is 0.154 e. The van der Waals surface area contributed by atoms with Crippen LogP contribution in [-0.4, -0.2) is 14.9 Å². The van der Waals surface area contributed by atoms with Crippen LogP contribution in [0.2, 0.25) is 0 Å². The molecule has 0 fully saturated rings. The Labute approximate surface area is 151 Å². The third-order valence-electron chi connectivity index (χ3n) is 4.08. The van der Waals surface area contributed by atoms with Crippen LogP contribution < -0.4 is 5.32 Å². The van der Waals surface area contributed by atoms with Gasteiger partial charge in [0, 0.05) is 30.9 Å². The van der Waals surface area contributed by atoms with Crippen LogP contribution in [0.3, 0.4) is 0 Å². The molecule has 0 saturated carbocycles. The molecule has 0 aliphatic carbocycles. The number of benzene rings is 1. The van der Waals surface area contributed by atoms with Crippen molar-refractivity contribution in [2.75, 3.05) is 0 Å². The number of nitrogens with zero attached hydrogens (tertiary/aromatic N) is 3. The van der Waals surface area contributed by atoms with Gasteiger partial charge in [-0.2, -0.15) is 5.10 Å². The SMILES string of the molecule is Cc1cc(CNCc2cn(-c3ccccc3)nc2-c2ccc(C)o2)no1.